The van der Waals surface area contributed by atoms with Gasteiger partial charge >= 0.3 is 0 Å². The number of ether oxygens (including phenoxy) is 1. The summed E-state index contributed by atoms with van der Waals surface area (Å²) in [5.41, 5.74) is 1.47. The molecule has 1 saturated heterocycles. The van der Waals surface area contributed by atoms with Crippen LogP contribution < -0.4 is 0 Å². The summed E-state index contributed by atoms with van der Waals surface area (Å²) in [6.07, 6.45) is 3.37. The van der Waals surface area contributed by atoms with Crippen molar-refractivity contribution >= 4 is 5.91 Å². The number of aryl methyl sites for hydroxylation is 1. The van der Waals surface area contributed by atoms with E-state index in [0.29, 0.717) is 25.3 Å². The van der Waals surface area contributed by atoms with E-state index in [-0.39, 0.29) is 11.9 Å². The van der Waals surface area contributed by atoms with Crippen LogP contribution in [0.15, 0.2) is 59.3 Å². The molecule has 1 amide bonds. The molecule has 0 bridgehead atoms. The summed E-state index contributed by atoms with van der Waals surface area (Å²) < 4.78 is 13.0. The summed E-state index contributed by atoms with van der Waals surface area (Å²) >= 11 is 0. The number of morpholine rings is 1. The molecule has 1 unspecified atom stereocenters. The Labute approximate surface area is 145 Å². The van der Waals surface area contributed by atoms with Crippen LogP contribution in [0, 0.1) is 6.92 Å². The maximum absolute atomic E-state index is 13.0. The van der Waals surface area contributed by atoms with E-state index in [0.717, 1.165) is 17.2 Å². The predicted molar refractivity (Wildman–Crippen MR) is 91.6 cm³/mol. The summed E-state index contributed by atoms with van der Waals surface area (Å²) in [4.78, 5) is 14.8. The second-order valence-electron chi connectivity index (χ2n) is 6.05. The number of nitrogens with zero attached hydrogens (tertiary/aromatic N) is 3. The quantitative estimate of drug-likeness (QED) is 0.737. The molecule has 4 rings (SSSR count). The Hall–Kier alpha value is -2.86. The van der Waals surface area contributed by atoms with Crippen molar-refractivity contribution in [3.8, 4) is 5.69 Å². The van der Waals surface area contributed by atoms with Gasteiger partial charge in [-0.3, -0.25) is 4.79 Å². The minimum absolute atomic E-state index is 0.0652. The highest BCUT2D eigenvalue weighted by Gasteiger charge is 2.32. The smallest absolute Gasteiger partial charge is 0.257 e. The van der Waals surface area contributed by atoms with Crippen LogP contribution in [0.4, 0.5) is 0 Å². The molecule has 0 spiro atoms. The van der Waals surface area contributed by atoms with Gasteiger partial charge in [0.05, 0.1) is 30.7 Å². The lowest BCUT2D eigenvalue weighted by molar-refractivity contribution is -0.00895. The highest BCUT2D eigenvalue weighted by molar-refractivity contribution is 5.94. The molecule has 3 aromatic rings. The van der Waals surface area contributed by atoms with E-state index in [1.165, 1.54) is 0 Å². The molecule has 0 saturated carbocycles. The van der Waals surface area contributed by atoms with Gasteiger partial charge in [-0.05, 0) is 31.2 Å². The molecule has 1 fully saturated rings. The van der Waals surface area contributed by atoms with Crippen molar-refractivity contribution in [2.24, 2.45) is 0 Å². The fourth-order valence-corrected chi connectivity index (χ4v) is 3.04. The lowest BCUT2D eigenvalue weighted by Gasteiger charge is -2.34. The second-order valence-corrected chi connectivity index (χ2v) is 6.05. The van der Waals surface area contributed by atoms with Gasteiger partial charge in [0.15, 0.2) is 0 Å². The number of furan rings is 1. The SMILES string of the molecule is Cc1ccc(C2COCCN2C(=O)c2cnn(-c3ccccc3)c2)o1. The van der Waals surface area contributed by atoms with Crippen molar-refractivity contribution in [2.45, 2.75) is 13.0 Å². The number of aromatic nitrogens is 2. The van der Waals surface area contributed by atoms with Gasteiger partial charge in [0.1, 0.15) is 17.6 Å². The van der Waals surface area contributed by atoms with Crippen molar-refractivity contribution in [3.63, 3.8) is 0 Å². The fraction of sp³-hybridized carbons (Fsp3) is 0.263. The lowest BCUT2D eigenvalue weighted by Crippen LogP contribution is -2.43. The Morgan fingerprint density at radius 3 is 2.80 bits per heavy atom. The molecular formula is C19H19N3O3. The molecule has 128 valence electrons. The molecule has 0 radical (unpaired) electrons. The first-order chi connectivity index (χ1) is 12.2. The molecule has 1 atom stereocenters. The molecule has 3 heterocycles. The zero-order valence-corrected chi connectivity index (χ0v) is 14.0. The average Bonchev–Trinajstić information content (AvgIpc) is 3.31. The van der Waals surface area contributed by atoms with Gasteiger partial charge in [-0.1, -0.05) is 18.2 Å². The van der Waals surface area contributed by atoms with Crippen molar-refractivity contribution in [3.05, 3.63) is 71.9 Å². The summed E-state index contributed by atoms with van der Waals surface area (Å²) in [7, 11) is 0. The van der Waals surface area contributed by atoms with Crippen molar-refractivity contribution in [1.29, 1.82) is 0 Å². The third kappa shape index (κ3) is 3.08. The Morgan fingerprint density at radius 2 is 2.04 bits per heavy atom. The number of para-hydroxylation sites is 1. The van der Waals surface area contributed by atoms with Gasteiger partial charge in [0, 0.05) is 12.7 Å². The molecule has 1 aromatic carbocycles. The number of hydrogen-bond donors (Lipinski definition) is 0. The molecule has 0 aliphatic carbocycles. The van der Waals surface area contributed by atoms with E-state index < -0.39 is 0 Å². The van der Waals surface area contributed by atoms with Crippen LogP contribution in [0.3, 0.4) is 0 Å². The minimum atomic E-state index is -0.213. The first-order valence-corrected chi connectivity index (χ1v) is 8.27. The number of benzene rings is 1. The van der Waals surface area contributed by atoms with Gasteiger partial charge in [0.25, 0.3) is 5.91 Å². The number of rotatable bonds is 3. The summed E-state index contributed by atoms with van der Waals surface area (Å²) in [6, 6.07) is 13.3. The first-order valence-electron chi connectivity index (χ1n) is 8.27. The van der Waals surface area contributed by atoms with E-state index in [2.05, 4.69) is 5.10 Å². The van der Waals surface area contributed by atoms with Gasteiger partial charge in [-0.2, -0.15) is 5.10 Å². The Balaban J connectivity index is 1.60. The van der Waals surface area contributed by atoms with Crippen molar-refractivity contribution in [1.82, 2.24) is 14.7 Å². The van der Waals surface area contributed by atoms with E-state index in [1.54, 1.807) is 22.0 Å². The lowest BCUT2D eigenvalue weighted by atomic mass is 10.1. The molecular weight excluding hydrogens is 318 g/mol. The number of carbonyl (C=O) groups excluding carboxylic acids is 1. The van der Waals surface area contributed by atoms with Crippen LogP contribution in [-0.2, 0) is 4.74 Å². The Kier molecular flexibility index (Phi) is 4.11. The van der Waals surface area contributed by atoms with E-state index in [1.807, 2.05) is 49.4 Å². The second kappa shape index (κ2) is 6.57. The standard InChI is InChI=1S/C19H19N3O3/c1-14-7-8-18(25-14)17-13-24-10-9-21(17)19(23)15-11-20-22(12-15)16-5-3-2-4-6-16/h2-8,11-12,17H,9-10,13H2,1H3. The predicted octanol–water partition coefficient (Wildman–Crippen LogP) is 2.99. The van der Waals surface area contributed by atoms with Crippen LogP contribution in [-0.4, -0.2) is 40.3 Å². The van der Waals surface area contributed by atoms with E-state index in [4.69, 9.17) is 9.15 Å². The van der Waals surface area contributed by atoms with Crippen molar-refractivity contribution < 1.29 is 13.9 Å². The third-order valence-electron chi connectivity index (χ3n) is 4.33. The molecule has 25 heavy (non-hydrogen) atoms. The normalized spacial score (nSPS) is 17.6. The molecule has 1 aliphatic rings. The van der Waals surface area contributed by atoms with Crippen LogP contribution in [0.2, 0.25) is 0 Å². The maximum Gasteiger partial charge on any atom is 0.257 e. The van der Waals surface area contributed by atoms with Crippen LogP contribution in [0.5, 0.6) is 0 Å². The fourth-order valence-electron chi connectivity index (χ4n) is 3.04. The van der Waals surface area contributed by atoms with Gasteiger partial charge < -0.3 is 14.1 Å². The minimum Gasteiger partial charge on any atom is -0.464 e. The number of amides is 1. The molecule has 1 aliphatic heterocycles. The van der Waals surface area contributed by atoms with Crippen LogP contribution in [0.1, 0.15) is 27.9 Å². The number of hydrogen-bond acceptors (Lipinski definition) is 4. The topological polar surface area (TPSA) is 60.5 Å². The first kappa shape index (κ1) is 15.7. The zero-order valence-electron chi connectivity index (χ0n) is 14.0. The van der Waals surface area contributed by atoms with Gasteiger partial charge in [0.2, 0.25) is 0 Å². The van der Waals surface area contributed by atoms with Crippen molar-refractivity contribution in [2.75, 3.05) is 19.8 Å². The molecule has 2 aromatic heterocycles. The third-order valence-corrected chi connectivity index (χ3v) is 4.33. The largest absolute Gasteiger partial charge is 0.464 e. The average molecular weight is 337 g/mol. The van der Waals surface area contributed by atoms with E-state index in [9.17, 15) is 4.79 Å². The van der Waals surface area contributed by atoms with Crippen LogP contribution >= 0.6 is 0 Å². The Bertz CT molecular complexity index is 869. The monoisotopic (exact) mass is 337 g/mol. The highest BCUT2D eigenvalue weighted by atomic mass is 16.5. The molecule has 6 heteroatoms. The number of carbonyl (C=O) groups is 1. The maximum atomic E-state index is 13.0. The molecule has 6 nitrogen and oxygen atoms in total. The summed E-state index contributed by atoms with van der Waals surface area (Å²) in [5.74, 6) is 1.51. The summed E-state index contributed by atoms with van der Waals surface area (Å²) in [5, 5.41) is 4.32. The van der Waals surface area contributed by atoms with Gasteiger partial charge in [-0.15, -0.1) is 0 Å². The summed E-state index contributed by atoms with van der Waals surface area (Å²) in [6.45, 7) is 3.38. The highest BCUT2D eigenvalue weighted by Crippen LogP contribution is 2.27. The van der Waals surface area contributed by atoms with Gasteiger partial charge in [-0.25, -0.2) is 4.68 Å². The van der Waals surface area contributed by atoms with Crippen LogP contribution in [0.25, 0.3) is 5.69 Å². The zero-order chi connectivity index (χ0) is 17.2. The Morgan fingerprint density at radius 1 is 1.20 bits per heavy atom. The molecule has 0 N–H and O–H groups in total. The van der Waals surface area contributed by atoms with E-state index >= 15 is 0 Å².